The number of hydrogen-bond donors (Lipinski definition) is 2. The van der Waals surface area contributed by atoms with Gasteiger partial charge in [-0.3, -0.25) is 9.69 Å². The molecule has 1 aliphatic rings. The second kappa shape index (κ2) is 8.43. The lowest BCUT2D eigenvalue weighted by molar-refractivity contribution is 0.174. The Morgan fingerprint density at radius 2 is 1.91 bits per heavy atom. The lowest BCUT2D eigenvalue weighted by atomic mass is 10.0. The lowest BCUT2D eigenvalue weighted by Crippen LogP contribution is -2.25. The molecule has 32 heavy (non-hydrogen) atoms. The first-order valence-electron chi connectivity index (χ1n) is 10.5. The summed E-state index contributed by atoms with van der Waals surface area (Å²) in [5, 5.41) is 10.2. The normalized spacial score (nSPS) is 16.7. The van der Waals surface area contributed by atoms with Crippen molar-refractivity contribution in [3.63, 3.8) is 0 Å². The molecule has 0 radical (unpaired) electrons. The third-order valence-corrected chi connectivity index (χ3v) is 5.86. The number of benzene rings is 1. The molecule has 1 saturated heterocycles. The fourth-order valence-corrected chi connectivity index (χ4v) is 4.40. The number of H-pyrrole nitrogens is 1. The zero-order valence-corrected chi connectivity index (χ0v) is 18.3. The third-order valence-electron chi connectivity index (χ3n) is 5.67. The highest BCUT2D eigenvalue weighted by molar-refractivity contribution is 6.29. The molecular formula is C24H22ClN5O2. The van der Waals surface area contributed by atoms with Crippen LogP contribution in [0.4, 0.5) is 0 Å². The molecule has 1 fully saturated rings. The molecule has 0 saturated carbocycles. The van der Waals surface area contributed by atoms with E-state index in [1.54, 1.807) is 12.3 Å². The Bertz CT molecular complexity index is 1340. The van der Waals surface area contributed by atoms with Crippen LogP contribution in [0.2, 0.25) is 5.15 Å². The summed E-state index contributed by atoms with van der Waals surface area (Å²) >= 11 is 6.23. The van der Waals surface area contributed by atoms with Crippen LogP contribution < -0.4 is 5.43 Å². The summed E-state index contributed by atoms with van der Waals surface area (Å²) in [5.74, 6) is 0. The molecule has 162 valence electrons. The summed E-state index contributed by atoms with van der Waals surface area (Å²) in [6.45, 7) is 3.65. The molecular weight excluding hydrogens is 426 g/mol. The number of fused-ring (bicyclic) bond motifs is 1. The van der Waals surface area contributed by atoms with E-state index in [9.17, 15) is 9.90 Å². The number of likely N-dealkylation sites (tertiary alicyclic amines) is 1. The first-order chi connectivity index (χ1) is 15.5. The van der Waals surface area contributed by atoms with Gasteiger partial charge >= 0.3 is 0 Å². The second-order valence-electron chi connectivity index (χ2n) is 8.12. The highest BCUT2D eigenvalue weighted by Crippen LogP contribution is 2.31. The number of halogens is 1. The zero-order valence-electron chi connectivity index (χ0n) is 17.5. The van der Waals surface area contributed by atoms with Crippen LogP contribution in [-0.2, 0) is 6.54 Å². The molecule has 1 aromatic carbocycles. The van der Waals surface area contributed by atoms with Crippen LogP contribution in [-0.4, -0.2) is 49.1 Å². The minimum atomic E-state index is -0.339. The summed E-state index contributed by atoms with van der Waals surface area (Å²) in [4.78, 5) is 32.4. The molecule has 8 heteroatoms. The summed E-state index contributed by atoms with van der Waals surface area (Å²) in [5.41, 5.74) is 4.78. The maximum atomic E-state index is 13.3. The molecule has 4 aromatic rings. The first kappa shape index (κ1) is 20.8. The molecule has 1 atom stereocenters. The summed E-state index contributed by atoms with van der Waals surface area (Å²) < 4.78 is 0. The van der Waals surface area contributed by atoms with Crippen molar-refractivity contribution in [2.24, 2.45) is 0 Å². The van der Waals surface area contributed by atoms with Crippen molar-refractivity contribution in [2.45, 2.75) is 26.0 Å². The van der Waals surface area contributed by atoms with Crippen molar-refractivity contribution < 1.29 is 5.11 Å². The minimum absolute atomic E-state index is 0.162. The summed E-state index contributed by atoms with van der Waals surface area (Å²) in [6, 6.07) is 13.4. The number of rotatable bonds is 4. The Morgan fingerprint density at radius 1 is 1.12 bits per heavy atom. The van der Waals surface area contributed by atoms with E-state index in [0.29, 0.717) is 40.8 Å². The Kier molecular flexibility index (Phi) is 5.46. The first-order valence-corrected chi connectivity index (χ1v) is 10.9. The standard InChI is InChI=1S/C24H22ClN5O2/c1-14-9-16(10-19(25)27-14)21-20(15-5-3-2-4-6-15)29-24-22(28-21)23(32)17(11-26-24)12-30-8-7-18(31)13-30/h2-6,9-11,18,31H,7-8,12-13H2,1H3,(H,26,29,32). The van der Waals surface area contributed by atoms with Crippen molar-refractivity contribution in [1.82, 2.24) is 24.8 Å². The van der Waals surface area contributed by atoms with Gasteiger partial charge in [-0.1, -0.05) is 41.9 Å². The molecule has 0 amide bonds. The van der Waals surface area contributed by atoms with E-state index in [2.05, 4.69) is 14.9 Å². The average Bonchev–Trinajstić information content (AvgIpc) is 3.19. The molecule has 0 bridgehead atoms. The monoisotopic (exact) mass is 447 g/mol. The fraction of sp³-hybridized carbons (Fsp3) is 0.250. The highest BCUT2D eigenvalue weighted by atomic mass is 35.5. The van der Waals surface area contributed by atoms with Crippen molar-refractivity contribution in [3.05, 3.63) is 75.3 Å². The Hall–Kier alpha value is -3.13. The van der Waals surface area contributed by atoms with Crippen LogP contribution in [0, 0.1) is 6.92 Å². The number of aromatic amines is 1. The number of pyridine rings is 2. The average molecular weight is 448 g/mol. The van der Waals surface area contributed by atoms with Gasteiger partial charge in [0, 0.05) is 48.2 Å². The maximum absolute atomic E-state index is 13.3. The quantitative estimate of drug-likeness (QED) is 0.464. The van der Waals surface area contributed by atoms with Gasteiger partial charge in [-0.05, 0) is 25.5 Å². The predicted octanol–water partition coefficient (Wildman–Crippen LogP) is 3.58. The topological polar surface area (TPSA) is 95.0 Å². The Labute approximate surface area is 189 Å². The van der Waals surface area contributed by atoms with Gasteiger partial charge in [0.25, 0.3) is 0 Å². The van der Waals surface area contributed by atoms with Gasteiger partial charge in [-0.25, -0.2) is 15.0 Å². The number of aromatic nitrogens is 4. The van der Waals surface area contributed by atoms with Crippen LogP contribution in [0.1, 0.15) is 17.7 Å². The molecule has 0 aliphatic carbocycles. The minimum Gasteiger partial charge on any atom is -0.392 e. The number of aryl methyl sites for hydroxylation is 1. The third kappa shape index (κ3) is 4.02. The number of nitrogens with one attached hydrogen (secondary N) is 1. The van der Waals surface area contributed by atoms with Crippen LogP contribution in [0.25, 0.3) is 33.7 Å². The number of nitrogens with zero attached hydrogens (tertiary/aromatic N) is 4. The summed E-state index contributed by atoms with van der Waals surface area (Å²) in [6.07, 6.45) is 2.08. The molecule has 5 rings (SSSR count). The van der Waals surface area contributed by atoms with Gasteiger partial charge in [0.15, 0.2) is 11.2 Å². The largest absolute Gasteiger partial charge is 0.392 e. The molecule has 1 unspecified atom stereocenters. The van der Waals surface area contributed by atoms with E-state index in [1.165, 1.54) is 0 Å². The number of hydrogen-bond acceptors (Lipinski definition) is 6. The lowest BCUT2D eigenvalue weighted by Gasteiger charge is -2.15. The molecule has 3 aromatic heterocycles. The smallest absolute Gasteiger partial charge is 0.213 e. The fourth-order valence-electron chi connectivity index (χ4n) is 4.14. The Balaban J connectivity index is 1.69. The van der Waals surface area contributed by atoms with Gasteiger partial charge in [-0.2, -0.15) is 0 Å². The number of β-amino-alcohol motifs (C(OH)–C–C–N with tert-alkyl or cyclic N) is 1. The Morgan fingerprint density at radius 3 is 2.62 bits per heavy atom. The van der Waals surface area contributed by atoms with Crippen LogP contribution in [0.5, 0.6) is 0 Å². The van der Waals surface area contributed by atoms with Gasteiger partial charge in [0.1, 0.15) is 5.15 Å². The molecule has 2 N–H and O–H groups in total. The van der Waals surface area contributed by atoms with E-state index in [1.807, 2.05) is 43.3 Å². The van der Waals surface area contributed by atoms with Crippen molar-refractivity contribution >= 4 is 22.8 Å². The van der Waals surface area contributed by atoms with E-state index >= 15 is 0 Å². The van der Waals surface area contributed by atoms with E-state index in [-0.39, 0.29) is 17.0 Å². The van der Waals surface area contributed by atoms with Gasteiger partial charge < -0.3 is 10.1 Å². The second-order valence-corrected chi connectivity index (χ2v) is 8.51. The number of aliphatic hydroxyl groups excluding tert-OH is 1. The van der Waals surface area contributed by atoms with Crippen LogP contribution in [0.15, 0.2) is 53.5 Å². The molecule has 0 spiro atoms. The highest BCUT2D eigenvalue weighted by Gasteiger charge is 2.22. The summed E-state index contributed by atoms with van der Waals surface area (Å²) in [7, 11) is 0. The number of aliphatic hydroxyl groups is 1. The zero-order chi connectivity index (χ0) is 22.2. The van der Waals surface area contributed by atoms with Gasteiger partial charge in [0.2, 0.25) is 5.43 Å². The predicted molar refractivity (Wildman–Crippen MR) is 124 cm³/mol. The van der Waals surface area contributed by atoms with Crippen LogP contribution >= 0.6 is 11.6 Å². The van der Waals surface area contributed by atoms with Crippen molar-refractivity contribution in [2.75, 3.05) is 13.1 Å². The molecule has 7 nitrogen and oxygen atoms in total. The van der Waals surface area contributed by atoms with Gasteiger partial charge in [0.05, 0.1) is 17.5 Å². The van der Waals surface area contributed by atoms with Crippen molar-refractivity contribution in [1.29, 1.82) is 0 Å². The van der Waals surface area contributed by atoms with E-state index in [0.717, 1.165) is 29.8 Å². The van der Waals surface area contributed by atoms with E-state index in [4.69, 9.17) is 21.6 Å². The van der Waals surface area contributed by atoms with Crippen molar-refractivity contribution in [3.8, 4) is 22.5 Å². The SMILES string of the molecule is Cc1cc(-c2nc3c(=O)c(CN4CCC(O)C4)c[nH]c3nc2-c2ccccc2)cc(Cl)n1. The molecule has 1 aliphatic heterocycles. The molecule has 4 heterocycles. The van der Waals surface area contributed by atoms with E-state index < -0.39 is 0 Å². The van der Waals surface area contributed by atoms with Gasteiger partial charge in [-0.15, -0.1) is 0 Å². The van der Waals surface area contributed by atoms with Crippen LogP contribution in [0.3, 0.4) is 0 Å². The maximum Gasteiger partial charge on any atom is 0.213 e.